The molecule has 2 atom stereocenters. The van der Waals surface area contributed by atoms with Crippen LogP contribution < -0.4 is 15.5 Å². The van der Waals surface area contributed by atoms with Crippen molar-refractivity contribution >= 4 is 44.7 Å². The molecule has 2 amide bonds. The number of imide groups is 1. The third-order valence-corrected chi connectivity index (χ3v) is 6.46. The molecule has 0 aromatic heterocycles. The van der Waals surface area contributed by atoms with Crippen molar-refractivity contribution in [2.24, 2.45) is 0 Å². The SMILES string of the molecule is C[C@@H]1CN(c2ccc(N/C=C3\C(=O)NC(=O)c4ccc(Br)cc43)cc2)C[C@H](C)N1C. The summed E-state index contributed by atoms with van der Waals surface area (Å²) in [4.78, 5) is 29.3. The lowest BCUT2D eigenvalue weighted by molar-refractivity contribution is -0.114. The van der Waals surface area contributed by atoms with Gasteiger partial charge in [-0.3, -0.25) is 19.8 Å². The van der Waals surface area contributed by atoms with Crippen molar-refractivity contribution in [3.63, 3.8) is 0 Å². The van der Waals surface area contributed by atoms with Crippen LogP contribution in [0.2, 0.25) is 0 Å². The molecule has 0 saturated carbocycles. The van der Waals surface area contributed by atoms with E-state index in [1.807, 2.05) is 12.1 Å². The van der Waals surface area contributed by atoms with Crippen LogP contribution in [0.15, 0.2) is 53.1 Å². The second kappa shape index (κ2) is 8.24. The molecule has 2 heterocycles. The van der Waals surface area contributed by atoms with Crippen molar-refractivity contribution in [1.29, 1.82) is 0 Å². The standard InChI is InChI=1S/C23H25BrN4O2/c1-14-12-28(13-15(2)27(14)3)18-7-5-17(6-8-18)25-11-21-20-10-16(24)4-9-19(20)22(29)26-23(21)30/h4-11,14-15,25H,12-13H2,1-3H3,(H,26,29,30)/b21-11-/t14-,15+. The highest BCUT2D eigenvalue weighted by molar-refractivity contribution is 9.10. The molecule has 6 nitrogen and oxygen atoms in total. The molecular weight excluding hydrogens is 444 g/mol. The number of carbonyl (C=O) groups is 2. The van der Waals surface area contributed by atoms with Crippen LogP contribution >= 0.6 is 15.9 Å². The number of likely N-dealkylation sites (N-methyl/N-ethyl adjacent to an activating group) is 1. The minimum absolute atomic E-state index is 0.375. The van der Waals surface area contributed by atoms with E-state index in [0.29, 0.717) is 28.8 Å². The Balaban J connectivity index is 1.52. The monoisotopic (exact) mass is 468 g/mol. The minimum atomic E-state index is -0.407. The Morgan fingerprint density at radius 2 is 1.67 bits per heavy atom. The average molecular weight is 469 g/mol. The quantitative estimate of drug-likeness (QED) is 0.530. The first-order valence-corrected chi connectivity index (χ1v) is 10.8. The topological polar surface area (TPSA) is 64.7 Å². The van der Waals surface area contributed by atoms with Crippen molar-refractivity contribution < 1.29 is 9.59 Å². The molecule has 4 rings (SSSR count). The normalized spacial score (nSPS) is 23.3. The predicted octanol–water partition coefficient (Wildman–Crippen LogP) is 3.70. The molecule has 2 aromatic carbocycles. The third-order valence-electron chi connectivity index (χ3n) is 5.96. The molecular formula is C23H25BrN4O2. The van der Waals surface area contributed by atoms with Gasteiger partial charge in [-0.15, -0.1) is 0 Å². The highest BCUT2D eigenvalue weighted by Crippen LogP contribution is 2.28. The van der Waals surface area contributed by atoms with Crippen LogP contribution in [0.25, 0.3) is 5.57 Å². The van der Waals surface area contributed by atoms with Gasteiger partial charge in [0.15, 0.2) is 0 Å². The van der Waals surface area contributed by atoms with Crippen molar-refractivity contribution in [3.05, 3.63) is 64.3 Å². The summed E-state index contributed by atoms with van der Waals surface area (Å²) in [5, 5.41) is 5.59. The maximum Gasteiger partial charge on any atom is 0.260 e. The summed E-state index contributed by atoms with van der Waals surface area (Å²) in [6.45, 7) is 6.50. The van der Waals surface area contributed by atoms with Crippen molar-refractivity contribution in [1.82, 2.24) is 10.2 Å². The number of nitrogens with zero attached hydrogens (tertiary/aromatic N) is 2. The lowest BCUT2D eigenvalue weighted by atomic mass is 9.95. The van der Waals surface area contributed by atoms with Crippen molar-refractivity contribution in [2.75, 3.05) is 30.4 Å². The first-order valence-electron chi connectivity index (χ1n) is 10.0. The number of hydrogen-bond acceptors (Lipinski definition) is 5. The molecule has 1 fully saturated rings. The summed E-state index contributed by atoms with van der Waals surface area (Å²) >= 11 is 3.41. The minimum Gasteiger partial charge on any atom is -0.368 e. The summed E-state index contributed by atoms with van der Waals surface area (Å²) in [6, 6.07) is 14.5. The van der Waals surface area contributed by atoms with E-state index in [4.69, 9.17) is 0 Å². The Morgan fingerprint density at radius 3 is 2.33 bits per heavy atom. The molecule has 0 aliphatic carbocycles. The zero-order chi connectivity index (χ0) is 21.4. The number of piperazine rings is 1. The summed E-state index contributed by atoms with van der Waals surface area (Å²) in [7, 11) is 2.18. The molecule has 2 aliphatic rings. The number of hydrogen-bond donors (Lipinski definition) is 2. The molecule has 156 valence electrons. The van der Waals surface area contributed by atoms with E-state index in [9.17, 15) is 9.59 Å². The molecule has 1 saturated heterocycles. The maximum atomic E-state index is 12.4. The van der Waals surface area contributed by atoms with Gasteiger partial charge in [-0.2, -0.15) is 0 Å². The third kappa shape index (κ3) is 4.00. The van der Waals surface area contributed by atoms with Crippen molar-refractivity contribution in [3.8, 4) is 0 Å². The number of halogens is 1. The molecule has 30 heavy (non-hydrogen) atoms. The van der Waals surface area contributed by atoms with Crippen LogP contribution in [0.5, 0.6) is 0 Å². The van der Waals surface area contributed by atoms with Crippen LogP contribution in [-0.4, -0.2) is 48.9 Å². The number of carbonyl (C=O) groups excluding carboxylic acids is 2. The van der Waals surface area contributed by atoms with E-state index in [1.165, 1.54) is 5.69 Å². The molecule has 0 radical (unpaired) electrons. The molecule has 0 unspecified atom stereocenters. The van der Waals surface area contributed by atoms with Crippen LogP contribution in [-0.2, 0) is 4.79 Å². The maximum absolute atomic E-state index is 12.4. The Morgan fingerprint density at radius 1 is 1.00 bits per heavy atom. The van der Waals surface area contributed by atoms with E-state index >= 15 is 0 Å². The highest BCUT2D eigenvalue weighted by Gasteiger charge is 2.28. The second-order valence-corrected chi connectivity index (χ2v) is 8.91. The Hall–Kier alpha value is -2.64. The summed E-state index contributed by atoms with van der Waals surface area (Å²) < 4.78 is 0.814. The van der Waals surface area contributed by atoms with Gasteiger partial charge in [0.25, 0.3) is 11.8 Å². The van der Waals surface area contributed by atoms with Gasteiger partial charge >= 0.3 is 0 Å². The van der Waals surface area contributed by atoms with Gasteiger partial charge in [0.1, 0.15) is 0 Å². The van der Waals surface area contributed by atoms with Crippen molar-refractivity contribution in [2.45, 2.75) is 25.9 Å². The van der Waals surface area contributed by atoms with E-state index in [2.05, 4.69) is 69.4 Å². The number of benzene rings is 2. The number of amides is 2. The van der Waals surface area contributed by atoms with E-state index in [1.54, 1.807) is 24.4 Å². The first kappa shape index (κ1) is 20.6. The Kier molecular flexibility index (Phi) is 5.66. The smallest absolute Gasteiger partial charge is 0.260 e. The Bertz CT molecular complexity index is 1010. The summed E-state index contributed by atoms with van der Waals surface area (Å²) in [6.07, 6.45) is 1.65. The van der Waals surface area contributed by atoms with Gasteiger partial charge in [0, 0.05) is 58.3 Å². The highest BCUT2D eigenvalue weighted by atomic mass is 79.9. The van der Waals surface area contributed by atoms with Gasteiger partial charge in [-0.05, 0) is 63.4 Å². The molecule has 7 heteroatoms. The molecule has 0 bridgehead atoms. The van der Waals surface area contributed by atoms with Crippen LogP contribution in [0.3, 0.4) is 0 Å². The fraction of sp³-hybridized carbons (Fsp3) is 0.304. The number of fused-ring (bicyclic) bond motifs is 1. The van der Waals surface area contributed by atoms with Gasteiger partial charge in [0.2, 0.25) is 0 Å². The average Bonchev–Trinajstić information content (AvgIpc) is 2.71. The molecule has 0 spiro atoms. The predicted molar refractivity (Wildman–Crippen MR) is 124 cm³/mol. The Labute approximate surface area is 185 Å². The second-order valence-electron chi connectivity index (χ2n) is 7.99. The molecule has 2 N–H and O–H groups in total. The van der Waals surface area contributed by atoms with E-state index in [0.717, 1.165) is 23.2 Å². The summed E-state index contributed by atoms with van der Waals surface area (Å²) in [5.41, 5.74) is 3.59. The van der Waals surface area contributed by atoms with Gasteiger partial charge in [-0.25, -0.2) is 0 Å². The van der Waals surface area contributed by atoms with Crippen LogP contribution in [0, 0.1) is 0 Å². The van der Waals surface area contributed by atoms with E-state index < -0.39 is 5.91 Å². The zero-order valence-electron chi connectivity index (χ0n) is 17.3. The van der Waals surface area contributed by atoms with Crippen LogP contribution in [0.4, 0.5) is 11.4 Å². The fourth-order valence-electron chi connectivity index (χ4n) is 3.98. The lowest BCUT2D eigenvalue weighted by Crippen LogP contribution is -2.55. The number of rotatable bonds is 3. The van der Waals surface area contributed by atoms with Gasteiger partial charge in [-0.1, -0.05) is 15.9 Å². The number of anilines is 2. The summed E-state index contributed by atoms with van der Waals surface area (Å²) in [5.74, 6) is -0.783. The lowest BCUT2D eigenvalue weighted by Gasteiger charge is -2.43. The van der Waals surface area contributed by atoms with Gasteiger partial charge < -0.3 is 10.2 Å². The molecule has 2 aliphatic heterocycles. The zero-order valence-corrected chi connectivity index (χ0v) is 18.9. The number of nitrogens with one attached hydrogen (secondary N) is 2. The fourth-order valence-corrected chi connectivity index (χ4v) is 4.34. The molecule has 2 aromatic rings. The largest absolute Gasteiger partial charge is 0.368 e. The van der Waals surface area contributed by atoms with Crippen LogP contribution in [0.1, 0.15) is 29.8 Å². The van der Waals surface area contributed by atoms with E-state index in [-0.39, 0.29) is 5.91 Å². The first-order chi connectivity index (χ1) is 14.3. The van der Waals surface area contributed by atoms with Gasteiger partial charge in [0.05, 0.1) is 5.57 Å².